The Morgan fingerprint density at radius 3 is 2.87 bits per heavy atom. The third kappa shape index (κ3) is 2.83. The summed E-state index contributed by atoms with van der Waals surface area (Å²) < 4.78 is 12.7. The maximum absolute atomic E-state index is 12.7. The summed E-state index contributed by atoms with van der Waals surface area (Å²) in [4.78, 5) is 4.18. The molecule has 3 N–H and O–H groups in total. The highest BCUT2D eigenvalue weighted by Crippen LogP contribution is 2.25. The van der Waals surface area contributed by atoms with Gasteiger partial charge in [0.25, 0.3) is 0 Å². The third-order valence-corrected chi connectivity index (χ3v) is 2.38. The van der Waals surface area contributed by atoms with E-state index in [1.165, 1.54) is 18.2 Å². The Kier molecular flexibility index (Phi) is 2.77. The van der Waals surface area contributed by atoms with Gasteiger partial charge in [0.1, 0.15) is 5.82 Å². The van der Waals surface area contributed by atoms with Gasteiger partial charge in [-0.1, -0.05) is 11.6 Å². The van der Waals surface area contributed by atoms with Crippen molar-refractivity contribution in [1.29, 1.82) is 0 Å². The molecule has 2 rings (SSSR count). The van der Waals surface area contributed by atoms with Crippen LogP contribution in [0.1, 0.15) is 12.8 Å². The van der Waals surface area contributed by atoms with E-state index in [1.807, 2.05) is 0 Å². The van der Waals surface area contributed by atoms with E-state index in [4.69, 9.17) is 17.3 Å². The topological polar surface area (TPSA) is 50.4 Å². The van der Waals surface area contributed by atoms with E-state index in [2.05, 4.69) is 10.3 Å². The molecule has 1 fully saturated rings. The second kappa shape index (κ2) is 4.06. The number of guanidine groups is 1. The van der Waals surface area contributed by atoms with Gasteiger partial charge in [-0.3, -0.25) is 0 Å². The van der Waals surface area contributed by atoms with Gasteiger partial charge < -0.3 is 11.1 Å². The zero-order valence-corrected chi connectivity index (χ0v) is 8.76. The highest BCUT2D eigenvalue weighted by molar-refractivity contribution is 6.33. The molecular formula is C10H11ClFN3. The van der Waals surface area contributed by atoms with Crippen molar-refractivity contribution in [2.45, 2.75) is 18.9 Å². The average molecular weight is 228 g/mol. The van der Waals surface area contributed by atoms with Crippen LogP contribution in [0.5, 0.6) is 0 Å². The van der Waals surface area contributed by atoms with E-state index in [0.29, 0.717) is 22.7 Å². The van der Waals surface area contributed by atoms with Gasteiger partial charge in [0.15, 0.2) is 5.96 Å². The molecule has 0 saturated heterocycles. The molecule has 1 aromatic carbocycles. The fourth-order valence-electron chi connectivity index (χ4n) is 1.16. The van der Waals surface area contributed by atoms with E-state index in [0.717, 1.165) is 12.8 Å². The molecule has 0 unspecified atom stereocenters. The maximum Gasteiger partial charge on any atom is 0.193 e. The maximum atomic E-state index is 12.7. The number of anilines is 1. The number of hydrogen-bond acceptors (Lipinski definition) is 1. The SMILES string of the molecule is NC(=NC1CC1)Nc1ccc(F)cc1Cl. The van der Waals surface area contributed by atoms with Crippen molar-refractivity contribution in [3.8, 4) is 0 Å². The molecule has 3 nitrogen and oxygen atoms in total. The van der Waals surface area contributed by atoms with Gasteiger partial charge in [0, 0.05) is 0 Å². The first-order chi connectivity index (χ1) is 7.15. The molecule has 0 radical (unpaired) electrons. The summed E-state index contributed by atoms with van der Waals surface area (Å²) in [6.07, 6.45) is 2.17. The van der Waals surface area contributed by atoms with Crippen LogP contribution in [-0.2, 0) is 0 Å². The first-order valence-electron chi connectivity index (χ1n) is 4.70. The molecule has 80 valence electrons. The molecule has 5 heteroatoms. The second-order valence-corrected chi connectivity index (χ2v) is 3.90. The van der Waals surface area contributed by atoms with Crippen molar-refractivity contribution >= 4 is 23.2 Å². The van der Waals surface area contributed by atoms with Crippen molar-refractivity contribution < 1.29 is 4.39 Å². The second-order valence-electron chi connectivity index (χ2n) is 3.49. The van der Waals surface area contributed by atoms with Crippen molar-refractivity contribution in [2.24, 2.45) is 10.7 Å². The molecule has 0 aliphatic heterocycles. The molecule has 0 heterocycles. The molecule has 1 aliphatic rings. The average Bonchev–Trinajstić information content (AvgIpc) is 2.94. The van der Waals surface area contributed by atoms with Gasteiger partial charge in [-0.15, -0.1) is 0 Å². The Bertz CT molecular complexity index is 402. The van der Waals surface area contributed by atoms with Gasteiger partial charge >= 0.3 is 0 Å². The first kappa shape index (κ1) is 10.2. The zero-order valence-electron chi connectivity index (χ0n) is 8.00. The lowest BCUT2D eigenvalue weighted by atomic mass is 10.3. The summed E-state index contributed by atoms with van der Waals surface area (Å²) in [6, 6.07) is 4.43. The minimum atomic E-state index is -0.372. The number of benzene rings is 1. The van der Waals surface area contributed by atoms with Crippen LogP contribution in [0.25, 0.3) is 0 Å². The summed E-state index contributed by atoms with van der Waals surface area (Å²) in [5, 5.41) is 3.13. The lowest BCUT2D eigenvalue weighted by Gasteiger charge is -2.07. The molecule has 15 heavy (non-hydrogen) atoms. The van der Waals surface area contributed by atoms with Gasteiger partial charge in [-0.2, -0.15) is 0 Å². The number of nitrogens with two attached hydrogens (primary N) is 1. The quantitative estimate of drug-likeness (QED) is 0.602. The molecule has 0 bridgehead atoms. The highest BCUT2D eigenvalue weighted by atomic mass is 35.5. The normalized spacial score (nSPS) is 16.5. The Labute approximate surface area is 92.1 Å². The van der Waals surface area contributed by atoms with Crippen LogP contribution in [0.2, 0.25) is 5.02 Å². The Morgan fingerprint density at radius 1 is 1.53 bits per heavy atom. The van der Waals surface area contributed by atoms with Gasteiger partial charge in [0.2, 0.25) is 0 Å². The minimum absolute atomic E-state index is 0.295. The predicted molar refractivity (Wildman–Crippen MR) is 59.7 cm³/mol. The number of halogens is 2. The van der Waals surface area contributed by atoms with Crippen LogP contribution in [0.4, 0.5) is 10.1 Å². The molecule has 0 aromatic heterocycles. The molecule has 1 saturated carbocycles. The Hall–Kier alpha value is -1.29. The van der Waals surface area contributed by atoms with Gasteiger partial charge in [0.05, 0.1) is 16.8 Å². The van der Waals surface area contributed by atoms with Crippen LogP contribution in [-0.4, -0.2) is 12.0 Å². The van der Waals surface area contributed by atoms with Gasteiger partial charge in [-0.25, -0.2) is 9.38 Å². The number of hydrogen-bond donors (Lipinski definition) is 2. The van der Waals surface area contributed by atoms with E-state index < -0.39 is 0 Å². The zero-order chi connectivity index (χ0) is 10.8. The Balaban J connectivity index is 2.09. The van der Waals surface area contributed by atoms with Crippen LogP contribution in [0, 0.1) is 5.82 Å². The predicted octanol–water partition coefficient (Wildman–Crippen LogP) is 2.37. The number of rotatable bonds is 2. The van der Waals surface area contributed by atoms with E-state index in [-0.39, 0.29) is 5.82 Å². The van der Waals surface area contributed by atoms with E-state index >= 15 is 0 Å². The molecule has 0 amide bonds. The van der Waals surface area contributed by atoms with Crippen molar-refractivity contribution in [2.75, 3.05) is 5.32 Å². The Morgan fingerprint density at radius 2 is 2.27 bits per heavy atom. The number of nitrogens with one attached hydrogen (secondary N) is 1. The van der Waals surface area contributed by atoms with Crippen molar-refractivity contribution in [3.05, 3.63) is 29.0 Å². The number of nitrogens with zero attached hydrogens (tertiary/aromatic N) is 1. The van der Waals surface area contributed by atoms with Crippen LogP contribution in [0.15, 0.2) is 23.2 Å². The molecule has 0 spiro atoms. The van der Waals surface area contributed by atoms with Gasteiger partial charge in [-0.05, 0) is 31.0 Å². The largest absolute Gasteiger partial charge is 0.370 e. The van der Waals surface area contributed by atoms with Crippen molar-refractivity contribution in [1.82, 2.24) is 0 Å². The highest BCUT2D eigenvalue weighted by Gasteiger charge is 2.20. The summed E-state index contributed by atoms with van der Waals surface area (Å²) in [5.74, 6) is -0.0470. The van der Waals surface area contributed by atoms with Crippen LogP contribution >= 0.6 is 11.6 Å². The molecule has 1 aliphatic carbocycles. The van der Waals surface area contributed by atoms with Crippen molar-refractivity contribution in [3.63, 3.8) is 0 Å². The minimum Gasteiger partial charge on any atom is -0.370 e. The molecular weight excluding hydrogens is 217 g/mol. The lowest BCUT2D eigenvalue weighted by molar-refractivity contribution is 0.628. The third-order valence-electron chi connectivity index (χ3n) is 2.06. The summed E-state index contributed by atoms with van der Waals surface area (Å²) in [5.41, 5.74) is 6.21. The summed E-state index contributed by atoms with van der Waals surface area (Å²) in [7, 11) is 0. The lowest BCUT2D eigenvalue weighted by Crippen LogP contribution is -2.23. The van der Waals surface area contributed by atoms with Crippen LogP contribution in [0.3, 0.4) is 0 Å². The fraction of sp³-hybridized carbons (Fsp3) is 0.300. The first-order valence-corrected chi connectivity index (χ1v) is 5.08. The van der Waals surface area contributed by atoms with Crippen LogP contribution < -0.4 is 11.1 Å². The fourth-order valence-corrected chi connectivity index (χ4v) is 1.38. The summed E-state index contributed by atoms with van der Waals surface area (Å²) >= 11 is 5.81. The standard InChI is InChI=1S/C10H11ClFN3/c11-8-5-6(12)1-4-9(8)15-10(13)14-7-2-3-7/h1,4-5,7H,2-3H2,(H3,13,14,15). The summed E-state index contributed by atoms with van der Waals surface area (Å²) in [6.45, 7) is 0. The molecule has 0 atom stereocenters. The van der Waals surface area contributed by atoms with E-state index in [9.17, 15) is 4.39 Å². The number of aliphatic imine (C=N–C) groups is 1. The molecule has 1 aromatic rings. The van der Waals surface area contributed by atoms with E-state index in [1.54, 1.807) is 0 Å². The smallest absolute Gasteiger partial charge is 0.193 e. The monoisotopic (exact) mass is 227 g/mol.